The second kappa shape index (κ2) is 11.6. The van der Waals surface area contributed by atoms with E-state index in [0.29, 0.717) is 5.56 Å². The number of ether oxygens (including phenoxy) is 3. The minimum Gasteiger partial charge on any atom is -0.478 e. The number of carboxylic acid groups (broad SMARTS) is 1. The molecule has 0 aliphatic carbocycles. The standard InChI is InChI=1S/C23H26O7/c1-16(2)13-20(30-23(27)28-15-18-11-7-4-8-12-18)22(26)29-19(21(24)25)14-17-9-5-3-6-10-17/h3-12,16,19-20H,13-15H2,1-2H3,(H,24,25)/t19-,20-/m0/s1. The second-order valence-electron chi connectivity index (χ2n) is 7.21. The molecule has 7 nitrogen and oxygen atoms in total. The van der Waals surface area contributed by atoms with Gasteiger partial charge in [-0.05, 0) is 23.5 Å². The first kappa shape index (κ1) is 22.9. The molecule has 160 valence electrons. The largest absolute Gasteiger partial charge is 0.509 e. The fourth-order valence-electron chi connectivity index (χ4n) is 2.71. The quantitative estimate of drug-likeness (QED) is 0.587. The van der Waals surface area contributed by atoms with Crippen LogP contribution in [0.4, 0.5) is 4.79 Å². The van der Waals surface area contributed by atoms with Crippen molar-refractivity contribution in [2.24, 2.45) is 5.92 Å². The van der Waals surface area contributed by atoms with E-state index in [1.807, 2.05) is 32.0 Å². The van der Waals surface area contributed by atoms with Crippen LogP contribution in [0.25, 0.3) is 0 Å². The first-order chi connectivity index (χ1) is 14.3. The molecule has 2 aromatic carbocycles. The van der Waals surface area contributed by atoms with E-state index < -0.39 is 30.3 Å². The van der Waals surface area contributed by atoms with Gasteiger partial charge >= 0.3 is 18.1 Å². The average Bonchev–Trinajstić information content (AvgIpc) is 2.72. The number of hydrogen-bond acceptors (Lipinski definition) is 6. The second-order valence-corrected chi connectivity index (χ2v) is 7.21. The van der Waals surface area contributed by atoms with Crippen LogP contribution >= 0.6 is 0 Å². The van der Waals surface area contributed by atoms with Gasteiger partial charge in [-0.15, -0.1) is 0 Å². The molecule has 0 unspecified atom stereocenters. The van der Waals surface area contributed by atoms with E-state index in [9.17, 15) is 19.5 Å². The van der Waals surface area contributed by atoms with Crippen molar-refractivity contribution in [2.75, 3.05) is 0 Å². The molecule has 0 saturated heterocycles. The van der Waals surface area contributed by atoms with Crippen molar-refractivity contribution in [2.45, 2.75) is 45.5 Å². The lowest BCUT2D eigenvalue weighted by molar-refractivity contribution is -0.171. The number of hydrogen-bond donors (Lipinski definition) is 1. The van der Waals surface area contributed by atoms with Gasteiger partial charge in [-0.3, -0.25) is 0 Å². The molecule has 7 heteroatoms. The average molecular weight is 414 g/mol. The lowest BCUT2D eigenvalue weighted by Crippen LogP contribution is -2.37. The summed E-state index contributed by atoms with van der Waals surface area (Å²) in [5, 5.41) is 9.43. The number of carbonyl (C=O) groups excluding carboxylic acids is 2. The van der Waals surface area contributed by atoms with Gasteiger partial charge < -0.3 is 19.3 Å². The van der Waals surface area contributed by atoms with Crippen LogP contribution in [0.2, 0.25) is 0 Å². The van der Waals surface area contributed by atoms with E-state index in [-0.39, 0.29) is 25.4 Å². The Morgan fingerprint density at radius 1 is 0.833 bits per heavy atom. The SMILES string of the molecule is CC(C)C[C@H](OC(=O)OCc1ccccc1)C(=O)O[C@@H](Cc1ccccc1)C(=O)O. The normalized spacial score (nSPS) is 12.6. The Morgan fingerprint density at radius 2 is 1.40 bits per heavy atom. The Hall–Kier alpha value is -3.35. The van der Waals surface area contributed by atoms with Gasteiger partial charge in [-0.25, -0.2) is 14.4 Å². The fraction of sp³-hybridized carbons (Fsp3) is 0.348. The summed E-state index contributed by atoms with van der Waals surface area (Å²) in [5.41, 5.74) is 1.48. The van der Waals surface area contributed by atoms with E-state index >= 15 is 0 Å². The summed E-state index contributed by atoms with van der Waals surface area (Å²) in [6.45, 7) is 3.68. The maximum atomic E-state index is 12.6. The number of carbonyl (C=O) groups is 3. The van der Waals surface area contributed by atoms with Crippen LogP contribution in [0, 0.1) is 5.92 Å². The van der Waals surface area contributed by atoms with Crippen molar-refractivity contribution in [3.8, 4) is 0 Å². The summed E-state index contributed by atoms with van der Waals surface area (Å²) >= 11 is 0. The number of benzene rings is 2. The van der Waals surface area contributed by atoms with Gasteiger partial charge in [0.15, 0.2) is 0 Å². The summed E-state index contributed by atoms with van der Waals surface area (Å²) in [7, 11) is 0. The lowest BCUT2D eigenvalue weighted by Gasteiger charge is -2.21. The molecule has 0 aliphatic rings. The minimum absolute atomic E-state index is 0.00174. The highest BCUT2D eigenvalue weighted by atomic mass is 16.7. The predicted octanol–water partition coefficient (Wildman–Crippen LogP) is 3.99. The molecule has 30 heavy (non-hydrogen) atoms. The van der Waals surface area contributed by atoms with Gasteiger partial charge in [0.05, 0.1) is 0 Å². The third-order valence-corrected chi connectivity index (χ3v) is 4.18. The minimum atomic E-state index is -1.39. The van der Waals surface area contributed by atoms with Gasteiger partial charge in [-0.1, -0.05) is 74.5 Å². The summed E-state index contributed by atoms with van der Waals surface area (Å²) in [6, 6.07) is 17.8. The Kier molecular flexibility index (Phi) is 8.87. The molecule has 0 heterocycles. The third-order valence-electron chi connectivity index (χ3n) is 4.18. The molecule has 0 radical (unpaired) electrons. The maximum Gasteiger partial charge on any atom is 0.509 e. The first-order valence-corrected chi connectivity index (χ1v) is 9.69. The Balaban J connectivity index is 1.98. The van der Waals surface area contributed by atoms with Crippen molar-refractivity contribution < 1.29 is 33.7 Å². The van der Waals surface area contributed by atoms with E-state index in [2.05, 4.69) is 0 Å². The maximum absolute atomic E-state index is 12.6. The molecule has 2 rings (SSSR count). The van der Waals surface area contributed by atoms with Crippen molar-refractivity contribution in [3.05, 3.63) is 71.8 Å². The molecule has 0 bridgehead atoms. The number of rotatable bonds is 10. The smallest absolute Gasteiger partial charge is 0.478 e. The van der Waals surface area contributed by atoms with Crippen LogP contribution in [0.1, 0.15) is 31.4 Å². The van der Waals surface area contributed by atoms with E-state index in [1.165, 1.54) is 0 Å². The van der Waals surface area contributed by atoms with Crippen molar-refractivity contribution >= 4 is 18.1 Å². The fourth-order valence-corrected chi connectivity index (χ4v) is 2.71. The van der Waals surface area contributed by atoms with Crippen LogP contribution in [0.3, 0.4) is 0 Å². The van der Waals surface area contributed by atoms with Gasteiger partial charge in [-0.2, -0.15) is 0 Å². The summed E-state index contributed by atoms with van der Waals surface area (Å²) in [6.07, 6.45) is -3.48. The highest BCUT2D eigenvalue weighted by molar-refractivity contribution is 5.82. The van der Waals surface area contributed by atoms with Crippen LogP contribution in [-0.4, -0.2) is 35.4 Å². The monoisotopic (exact) mass is 414 g/mol. The molecule has 2 atom stereocenters. The molecule has 2 aromatic rings. The molecule has 0 aromatic heterocycles. The van der Waals surface area contributed by atoms with Gasteiger partial charge in [0.25, 0.3) is 0 Å². The summed E-state index contributed by atoms with van der Waals surface area (Å²) in [4.78, 5) is 36.2. The molecule has 0 spiro atoms. The van der Waals surface area contributed by atoms with Crippen molar-refractivity contribution in [3.63, 3.8) is 0 Å². The highest BCUT2D eigenvalue weighted by Gasteiger charge is 2.31. The van der Waals surface area contributed by atoms with Gasteiger partial charge in [0, 0.05) is 6.42 Å². The number of esters is 1. The zero-order valence-electron chi connectivity index (χ0n) is 17.0. The van der Waals surface area contributed by atoms with Crippen LogP contribution in [-0.2, 0) is 36.8 Å². The predicted molar refractivity (Wildman–Crippen MR) is 109 cm³/mol. The van der Waals surface area contributed by atoms with Crippen molar-refractivity contribution in [1.29, 1.82) is 0 Å². The number of carboxylic acids is 1. The summed E-state index contributed by atoms with van der Waals surface area (Å²) < 4.78 is 15.4. The Morgan fingerprint density at radius 3 is 1.93 bits per heavy atom. The lowest BCUT2D eigenvalue weighted by atomic mass is 10.1. The van der Waals surface area contributed by atoms with E-state index in [4.69, 9.17) is 14.2 Å². The molecular weight excluding hydrogens is 388 g/mol. The van der Waals surface area contributed by atoms with Crippen LogP contribution < -0.4 is 0 Å². The van der Waals surface area contributed by atoms with Crippen LogP contribution in [0.15, 0.2) is 60.7 Å². The molecule has 0 saturated carbocycles. The zero-order chi connectivity index (χ0) is 21.9. The van der Waals surface area contributed by atoms with Crippen molar-refractivity contribution in [1.82, 2.24) is 0 Å². The highest BCUT2D eigenvalue weighted by Crippen LogP contribution is 2.15. The third kappa shape index (κ3) is 7.95. The van der Waals surface area contributed by atoms with Gasteiger partial charge in [0.1, 0.15) is 6.61 Å². The van der Waals surface area contributed by atoms with E-state index in [0.717, 1.165) is 5.56 Å². The van der Waals surface area contributed by atoms with Gasteiger partial charge in [0.2, 0.25) is 12.2 Å². The topological polar surface area (TPSA) is 99.1 Å². The molecule has 0 aliphatic heterocycles. The molecular formula is C23H26O7. The van der Waals surface area contributed by atoms with E-state index in [1.54, 1.807) is 42.5 Å². The molecule has 0 fully saturated rings. The zero-order valence-corrected chi connectivity index (χ0v) is 17.0. The Bertz CT molecular complexity index is 818. The Labute approximate surface area is 175 Å². The number of aliphatic carboxylic acids is 1. The van der Waals surface area contributed by atoms with Crippen LogP contribution in [0.5, 0.6) is 0 Å². The molecule has 0 amide bonds. The molecule has 1 N–H and O–H groups in total. The first-order valence-electron chi connectivity index (χ1n) is 9.69. The summed E-state index contributed by atoms with van der Waals surface area (Å²) in [5.74, 6) is -2.19.